The number of fused-ring (bicyclic) bond motifs is 1. The van der Waals surface area contributed by atoms with E-state index in [0.717, 1.165) is 63.6 Å². The van der Waals surface area contributed by atoms with Crippen LogP contribution in [0.3, 0.4) is 0 Å². The van der Waals surface area contributed by atoms with Crippen LogP contribution in [0.2, 0.25) is 0 Å². The van der Waals surface area contributed by atoms with Gasteiger partial charge in [0.25, 0.3) is 6.43 Å². The summed E-state index contributed by atoms with van der Waals surface area (Å²) >= 11 is 0. The SMILES string of the molecule is COc1nc2ncnc(N[C@H](C)c3cccc(C(F)F)c3F)c2cc1C1CCN(C2CCOCC2)CC1. The monoisotopic (exact) mass is 515 g/mol. The molecule has 1 aromatic carbocycles. The van der Waals surface area contributed by atoms with E-state index in [1.807, 2.05) is 6.07 Å². The molecule has 10 heteroatoms. The molecule has 0 unspecified atom stereocenters. The Balaban J connectivity index is 1.40. The van der Waals surface area contributed by atoms with Crippen molar-refractivity contribution in [3.63, 3.8) is 0 Å². The average molecular weight is 516 g/mol. The largest absolute Gasteiger partial charge is 0.481 e. The van der Waals surface area contributed by atoms with Gasteiger partial charge in [0.2, 0.25) is 5.88 Å². The summed E-state index contributed by atoms with van der Waals surface area (Å²) in [6, 6.07) is 6.03. The molecule has 37 heavy (non-hydrogen) atoms. The number of methoxy groups -OCH3 is 1. The number of piperidine rings is 1. The normalized spacial score (nSPS) is 18.9. The highest BCUT2D eigenvalue weighted by Gasteiger charge is 2.29. The van der Waals surface area contributed by atoms with Crippen LogP contribution in [-0.2, 0) is 4.74 Å². The molecule has 2 saturated heterocycles. The molecule has 0 radical (unpaired) electrons. The fraction of sp³-hybridized carbons (Fsp3) is 0.519. The molecule has 7 nitrogen and oxygen atoms in total. The number of alkyl halides is 2. The van der Waals surface area contributed by atoms with Crippen LogP contribution in [0, 0.1) is 5.82 Å². The lowest BCUT2D eigenvalue weighted by Crippen LogP contribution is -2.43. The number of aromatic nitrogens is 3. The molecule has 2 aromatic heterocycles. The first-order valence-electron chi connectivity index (χ1n) is 12.8. The number of nitrogens with zero attached hydrogens (tertiary/aromatic N) is 4. The maximum absolute atomic E-state index is 14.8. The van der Waals surface area contributed by atoms with Crippen molar-refractivity contribution in [2.24, 2.45) is 0 Å². The van der Waals surface area contributed by atoms with Gasteiger partial charge in [0, 0.05) is 30.4 Å². The second-order valence-corrected chi connectivity index (χ2v) is 9.75. The average Bonchev–Trinajstić information content (AvgIpc) is 2.93. The predicted molar refractivity (Wildman–Crippen MR) is 135 cm³/mol. The fourth-order valence-corrected chi connectivity index (χ4v) is 5.54. The van der Waals surface area contributed by atoms with Gasteiger partial charge in [-0.3, -0.25) is 0 Å². The van der Waals surface area contributed by atoms with Gasteiger partial charge in [0.1, 0.15) is 18.0 Å². The molecule has 4 heterocycles. The second-order valence-electron chi connectivity index (χ2n) is 9.75. The van der Waals surface area contributed by atoms with Crippen LogP contribution in [0.5, 0.6) is 5.88 Å². The van der Waals surface area contributed by atoms with Crippen molar-refractivity contribution >= 4 is 16.9 Å². The lowest BCUT2D eigenvalue weighted by atomic mass is 9.88. The summed E-state index contributed by atoms with van der Waals surface area (Å²) in [5.41, 5.74) is 0.982. The van der Waals surface area contributed by atoms with Gasteiger partial charge in [0.05, 0.1) is 24.1 Å². The molecule has 0 spiro atoms. The maximum Gasteiger partial charge on any atom is 0.266 e. The van der Waals surface area contributed by atoms with Gasteiger partial charge in [-0.15, -0.1) is 0 Å². The van der Waals surface area contributed by atoms with Crippen molar-refractivity contribution in [2.75, 3.05) is 38.7 Å². The van der Waals surface area contributed by atoms with E-state index in [9.17, 15) is 13.2 Å². The van der Waals surface area contributed by atoms with E-state index in [2.05, 4.69) is 25.2 Å². The minimum absolute atomic E-state index is 0.145. The van der Waals surface area contributed by atoms with Gasteiger partial charge in [-0.1, -0.05) is 18.2 Å². The molecule has 2 fully saturated rings. The van der Waals surface area contributed by atoms with Crippen molar-refractivity contribution in [1.29, 1.82) is 0 Å². The summed E-state index contributed by atoms with van der Waals surface area (Å²) in [5, 5.41) is 3.87. The van der Waals surface area contributed by atoms with Crippen LogP contribution in [0.4, 0.5) is 19.0 Å². The first kappa shape index (κ1) is 25.7. The Labute approximate surface area is 214 Å². The Morgan fingerprint density at radius 1 is 1.08 bits per heavy atom. The number of anilines is 1. The third kappa shape index (κ3) is 5.36. The second kappa shape index (κ2) is 11.2. The van der Waals surface area contributed by atoms with Gasteiger partial charge < -0.3 is 19.7 Å². The molecule has 0 aliphatic carbocycles. The molecule has 3 aromatic rings. The van der Waals surface area contributed by atoms with Crippen molar-refractivity contribution in [3.05, 3.63) is 53.1 Å². The minimum atomic E-state index is -2.89. The quantitative estimate of drug-likeness (QED) is 0.437. The van der Waals surface area contributed by atoms with E-state index >= 15 is 0 Å². The van der Waals surface area contributed by atoms with Crippen LogP contribution >= 0.6 is 0 Å². The summed E-state index contributed by atoms with van der Waals surface area (Å²) in [5.74, 6) is 0.377. The minimum Gasteiger partial charge on any atom is -0.481 e. The van der Waals surface area contributed by atoms with Gasteiger partial charge in [-0.25, -0.2) is 23.1 Å². The zero-order valence-electron chi connectivity index (χ0n) is 21.1. The summed E-state index contributed by atoms with van der Waals surface area (Å²) in [4.78, 5) is 15.9. The lowest BCUT2D eigenvalue weighted by molar-refractivity contribution is 0.0251. The van der Waals surface area contributed by atoms with Gasteiger partial charge >= 0.3 is 0 Å². The zero-order chi connectivity index (χ0) is 25.9. The van der Waals surface area contributed by atoms with Crippen LogP contribution in [0.15, 0.2) is 30.6 Å². The van der Waals surface area contributed by atoms with Crippen LogP contribution in [0.1, 0.15) is 67.7 Å². The summed E-state index contributed by atoms with van der Waals surface area (Å²) < 4.78 is 52.4. The molecular formula is C27H32F3N5O2. The number of rotatable bonds is 7. The van der Waals surface area contributed by atoms with E-state index < -0.39 is 23.8 Å². The number of nitrogens with one attached hydrogen (secondary N) is 1. The van der Waals surface area contributed by atoms with Crippen molar-refractivity contribution in [3.8, 4) is 5.88 Å². The van der Waals surface area contributed by atoms with Crippen molar-refractivity contribution in [1.82, 2.24) is 19.9 Å². The Hall–Kier alpha value is -2.98. The molecule has 198 valence electrons. The molecule has 0 saturated carbocycles. The third-order valence-corrected chi connectivity index (χ3v) is 7.60. The van der Waals surface area contributed by atoms with E-state index in [-0.39, 0.29) is 11.5 Å². The van der Waals surface area contributed by atoms with E-state index in [1.54, 1.807) is 14.0 Å². The van der Waals surface area contributed by atoms with E-state index in [1.165, 1.54) is 18.5 Å². The van der Waals surface area contributed by atoms with E-state index in [0.29, 0.717) is 28.8 Å². The maximum atomic E-state index is 14.8. The number of pyridine rings is 1. The molecule has 1 atom stereocenters. The first-order valence-corrected chi connectivity index (χ1v) is 12.8. The Bertz CT molecular complexity index is 1230. The number of hydrogen-bond donors (Lipinski definition) is 1. The molecule has 0 bridgehead atoms. The number of halogens is 3. The highest BCUT2D eigenvalue weighted by molar-refractivity contribution is 5.87. The Morgan fingerprint density at radius 3 is 2.51 bits per heavy atom. The number of benzene rings is 1. The number of ether oxygens (including phenoxy) is 2. The van der Waals surface area contributed by atoms with Gasteiger partial charge in [0.15, 0.2) is 5.65 Å². The van der Waals surface area contributed by atoms with Gasteiger partial charge in [-0.05, 0) is 57.7 Å². The summed E-state index contributed by atoms with van der Waals surface area (Å²) in [6.07, 6.45) is 2.62. The van der Waals surface area contributed by atoms with E-state index in [4.69, 9.17) is 9.47 Å². The predicted octanol–water partition coefficient (Wildman–Crippen LogP) is 5.64. The van der Waals surface area contributed by atoms with Gasteiger partial charge in [-0.2, -0.15) is 4.98 Å². The van der Waals surface area contributed by atoms with Crippen LogP contribution in [-0.4, -0.2) is 59.3 Å². The smallest absolute Gasteiger partial charge is 0.266 e. The molecule has 5 rings (SSSR count). The molecular weight excluding hydrogens is 483 g/mol. The zero-order valence-corrected chi connectivity index (χ0v) is 21.1. The molecule has 2 aliphatic heterocycles. The van der Waals surface area contributed by atoms with Crippen molar-refractivity contribution < 1.29 is 22.6 Å². The summed E-state index contributed by atoms with van der Waals surface area (Å²) in [6.45, 7) is 5.38. The molecule has 0 amide bonds. The molecule has 2 aliphatic rings. The van der Waals surface area contributed by atoms with Crippen LogP contribution < -0.4 is 10.1 Å². The standard InChI is InChI=1S/C27H32F3N5O2/c1-16(19-4-3-5-20(23(19)28)24(29)30)33-25-22-14-21(27(36-2)34-26(22)32-15-31-25)17-6-10-35(11-7-17)18-8-12-37-13-9-18/h3-5,14-18,24H,6-13H2,1-2H3,(H,31,32,33,34)/t16-/m1/s1. The Kier molecular flexibility index (Phi) is 7.76. The lowest BCUT2D eigenvalue weighted by Gasteiger charge is -2.39. The highest BCUT2D eigenvalue weighted by Crippen LogP contribution is 2.38. The number of hydrogen-bond acceptors (Lipinski definition) is 7. The summed E-state index contributed by atoms with van der Waals surface area (Å²) in [7, 11) is 1.61. The van der Waals surface area contributed by atoms with Crippen LogP contribution in [0.25, 0.3) is 11.0 Å². The first-order chi connectivity index (χ1) is 18.0. The fourth-order valence-electron chi connectivity index (χ4n) is 5.54. The topological polar surface area (TPSA) is 72.4 Å². The molecule has 1 N–H and O–H groups in total. The number of likely N-dealkylation sites (tertiary alicyclic amines) is 1. The van der Waals surface area contributed by atoms with Crippen molar-refractivity contribution in [2.45, 2.75) is 57.0 Å². The highest BCUT2D eigenvalue weighted by atomic mass is 19.3. The third-order valence-electron chi connectivity index (χ3n) is 7.60. The Morgan fingerprint density at radius 2 is 1.81 bits per heavy atom.